The van der Waals surface area contributed by atoms with Crippen LogP contribution in [0.4, 0.5) is 17.3 Å². The number of nitrogen functional groups attached to an aromatic ring is 1. The van der Waals surface area contributed by atoms with E-state index in [2.05, 4.69) is 38.7 Å². The van der Waals surface area contributed by atoms with Crippen LogP contribution in [0.2, 0.25) is 0 Å². The molecule has 2 N–H and O–H groups in total. The fourth-order valence-corrected chi connectivity index (χ4v) is 3.53. The molecule has 0 aliphatic carbocycles. The molecule has 0 atom stereocenters. The van der Waals surface area contributed by atoms with Crippen molar-refractivity contribution in [2.24, 2.45) is 5.18 Å². The van der Waals surface area contributed by atoms with E-state index >= 15 is 0 Å². The van der Waals surface area contributed by atoms with Crippen LogP contribution in [0.1, 0.15) is 24.0 Å². The second-order valence-corrected chi connectivity index (χ2v) is 6.87. The molecule has 27 heavy (non-hydrogen) atoms. The van der Waals surface area contributed by atoms with E-state index < -0.39 is 0 Å². The van der Waals surface area contributed by atoms with Crippen molar-refractivity contribution in [3.63, 3.8) is 0 Å². The van der Waals surface area contributed by atoms with Gasteiger partial charge in [-0.2, -0.15) is 0 Å². The number of likely N-dealkylation sites (tertiary alicyclic amines) is 1. The number of carbonyl (C=O) groups is 1. The summed E-state index contributed by atoms with van der Waals surface area (Å²) in [4.78, 5) is 34.6. The van der Waals surface area contributed by atoms with Crippen LogP contribution in [0, 0.1) is 4.91 Å². The van der Waals surface area contributed by atoms with Crippen LogP contribution in [-0.4, -0.2) is 40.8 Å². The summed E-state index contributed by atoms with van der Waals surface area (Å²) in [5.41, 5.74) is 7.95. The van der Waals surface area contributed by atoms with Crippen molar-refractivity contribution in [1.82, 2.24) is 14.9 Å². The zero-order valence-electron chi connectivity index (χ0n) is 14.9. The Balaban J connectivity index is 1.92. The molecule has 0 bridgehead atoms. The van der Waals surface area contributed by atoms with Gasteiger partial charge in [0.05, 0.1) is 6.54 Å². The predicted octanol–water partition coefficient (Wildman–Crippen LogP) is 2.55. The fraction of sp³-hybridized carbons (Fsp3) is 0.389. The molecule has 0 spiro atoms. The molecule has 0 amide bonds. The summed E-state index contributed by atoms with van der Waals surface area (Å²) in [6.45, 7) is 3.49. The molecule has 1 aliphatic rings. The number of thiol groups is 1. The third kappa shape index (κ3) is 4.61. The van der Waals surface area contributed by atoms with Gasteiger partial charge in [0, 0.05) is 13.1 Å². The summed E-state index contributed by atoms with van der Waals surface area (Å²) in [5, 5.41) is 3.08. The van der Waals surface area contributed by atoms with Crippen LogP contribution in [0.5, 0.6) is 0 Å². The Morgan fingerprint density at radius 2 is 1.93 bits per heavy atom. The minimum Gasteiger partial charge on any atom is -0.382 e. The smallest absolute Gasteiger partial charge is 0.192 e. The van der Waals surface area contributed by atoms with Gasteiger partial charge in [0.2, 0.25) is 0 Å². The average Bonchev–Trinajstić information content (AvgIpc) is 3.15. The predicted molar refractivity (Wildman–Crippen MR) is 107 cm³/mol. The van der Waals surface area contributed by atoms with E-state index in [1.807, 2.05) is 18.2 Å². The lowest BCUT2D eigenvalue weighted by molar-refractivity contribution is -0.106. The Bertz CT molecular complexity index is 825. The van der Waals surface area contributed by atoms with Gasteiger partial charge in [-0.05, 0) is 42.2 Å². The van der Waals surface area contributed by atoms with Gasteiger partial charge in [0.15, 0.2) is 22.5 Å². The molecule has 1 fully saturated rings. The van der Waals surface area contributed by atoms with Gasteiger partial charge < -0.3 is 15.4 Å². The van der Waals surface area contributed by atoms with E-state index in [-0.39, 0.29) is 29.0 Å². The molecule has 1 saturated heterocycles. The van der Waals surface area contributed by atoms with E-state index in [0.29, 0.717) is 6.54 Å². The van der Waals surface area contributed by atoms with Crippen molar-refractivity contribution in [2.75, 3.05) is 30.3 Å². The molecule has 1 aromatic heterocycles. The Kier molecular flexibility index (Phi) is 6.36. The van der Waals surface area contributed by atoms with Crippen molar-refractivity contribution in [2.45, 2.75) is 31.1 Å². The summed E-state index contributed by atoms with van der Waals surface area (Å²) < 4.78 is 0. The zero-order chi connectivity index (χ0) is 19.2. The van der Waals surface area contributed by atoms with E-state index in [1.165, 1.54) is 18.4 Å². The minimum absolute atomic E-state index is 0.0459. The first kappa shape index (κ1) is 19.2. The molecule has 1 aromatic carbocycles. The molecule has 8 nitrogen and oxygen atoms in total. The van der Waals surface area contributed by atoms with Crippen molar-refractivity contribution in [3.05, 3.63) is 40.3 Å². The monoisotopic (exact) mass is 386 g/mol. The van der Waals surface area contributed by atoms with Gasteiger partial charge in [-0.25, -0.2) is 9.97 Å². The average molecular weight is 386 g/mol. The summed E-state index contributed by atoms with van der Waals surface area (Å²) >= 11 is 4.13. The molecule has 9 heteroatoms. The Morgan fingerprint density at radius 3 is 2.59 bits per heavy atom. The molecule has 2 aromatic rings. The number of benzene rings is 1. The van der Waals surface area contributed by atoms with Crippen LogP contribution in [0.25, 0.3) is 0 Å². The number of carbonyl (C=O) groups excluding carboxylic acids is 1. The summed E-state index contributed by atoms with van der Waals surface area (Å²) in [6.07, 6.45) is 3.20. The van der Waals surface area contributed by atoms with Gasteiger partial charge in [-0.3, -0.25) is 4.90 Å². The van der Waals surface area contributed by atoms with Crippen molar-refractivity contribution in [1.29, 1.82) is 0 Å². The molecule has 0 unspecified atom stereocenters. The summed E-state index contributed by atoms with van der Waals surface area (Å²) in [6, 6.07) is 8.07. The normalized spacial score (nSPS) is 14.3. The number of hydrogen-bond donors (Lipinski definition) is 2. The third-order valence-corrected chi connectivity index (χ3v) is 4.84. The molecule has 2 heterocycles. The Labute approximate surface area is 163 Å². The minimum atomic E-state index is -0.0772. The highest BCUT2D eigenvalue weighted by molar-refractivity contribution is 7.80. The number of nitroso groups, excluding NO2 is 1. The number of nitrogens with zero attached hydrogens (tertiary/aromatic N) is 5. The first-order chi connectivity index (χ1) is 13.1. The maximum atomic E-state index is 11.3. The lowest BCUT2D eigenvalue weighted by Gasteiger charge is -2.25. The third-order valence-electron chi connectivity index (χ3n) is 4.64. The van der Waals surface area contributed by atoms with E-state index in [4.69, 9.17) is 5.73 Å². The van der Waals surface area contributed by atoms with Crippen molar-refractivity contribution in [3.8, 4) is 0 Å². The summed E-state index contributed by atoms with van der Waals surface area (Å²) in [5.74, 6) is 0.159. The highest BCUT2D eigenvalue weighted by Gasteiger charge is 2.20. The SMILES string of the molecule is Nc1nc(S)nc(N(CC=O)Cc2ccccc2CN2CCCC2)c1N=O. The van der Waals surface area contributed by atoms with Crippen LogP contribution in [0.15, 0.2) is 34.6 Å². The Hall–Kier alpha value is -2.52. The van der Waals surface area contributed by atoms with Gasteiger partial charge in [-0.15, -0.1) is 17.5 Å². The zero-order valence-corrected chi connectivity index (χ0v) is 15.8. The number of rotatable bonds is 8. The van der Waals surface area contributed by atoms with Gasteiger partial charge in [0.1, 0.15) is 6.29 Å². The standard InChI is InChI=1S/C18H22N6O2S/c19-16-15(22-26)17(21-18(27)20-16)24(9-10-25)12-14-6-2-1-5-13(14)11-23-7-3-4-8-23/h1-2,5-6,10H,3-4,7-9,11-12H2,(H3,19,20,21,27). The number of aldehydes is 1. The number of anilines is 2. The maximum Gasteiger partial charge on any atom is 0.192 e. The van der Waals surface area contributed by atoms with E-state index in [9.17, 15) is 9.70 Å². The van der Waals surface area contributed by atoms with E-state index in [0.717, 1.165) is 31.5 Å². The second-order valence-electron chi connectivity index (χ2n) is 6.47. The first-order valence-electron chi connectivity index (χ1n) is 8.80. The molecule has 1 aliphatic heterocycles. The largest absolute Gasteiger partial charge is 0.382 e. The van der Waals surface area contributed by atoms with Crippen LogP contribution in [0.3, 0.4) is 0 Å². The highest BCUT2D eigenvalue weighted by atomic mass is 32.1. The lowest BCUT2D eigenvalue weighted by Crippen LogP contribution is -2.28. The topological polar surface area (TPSA) is 105 Å². The molecule has 142 valence electrons. The number of aromatic nitrogens is 2. The van der Waals surface area contributed by atoms with Gasteiger partial charge >= 0.3 is 0 Å². The fourth-order valence-electron chi connectivity index (χ4n) is 3.33. The molecular weight excluding hydrogens is 364 g/mol. The molecule has 0 saturated carbocycles. The molecule has 3 rings (SSSR count). The quantitative estimate of drug-likeness (QED) is 0.311. The highest BCUT2D eigenvalue weighted by Crippen LogP contribution is 2.33. The van der Waals surface area contributed by atoms with Gasteiger partial charge in [0.25, 0.3) is 0 Å². The molecular formula is C18H22N6O2S. The van der Waals surface area contributed by atoms with Crippen LogP contribution in [-0.2, 0) is 17.9 Å². The summed E-state index contributed by atoms with van der Waals surface area (Å²) in [7, 11) is 0. The van der Waals surface area contributed by atoms with Crippen molar-refractivity contribution >= 4 is 36.2 Å². The lowest BCUT2D eigenvalue weighted by atomic mass is 10.1. The first-order valence-corrected chi connectivity index (χ1v) is 9.24. The van der Waals surface area contributed by atoms with Crippen LogP contribution < -0.4 is 10.6 Å². The van der Waals surface area contributed by atoms with Crippen LogP contribution >= 0.6 is 12.6 Å². The number of hydrogen-bond acceptors (Lipinski definition) is 9. The second kappa shape index (κ2) is 8.92. The number of nitrogens with two attached hydrogens (primary N) is 1. The maximum absolute atomic E-state index is 11.3. The van der Waals surface area contributed by atoms with Crippen molar-refractivity contribution < 1.29 is 4.79 Å². The van der Waals surface area contributed by atoms with Gasteiger partial charge in [-0.1, -0.05) is 24.3 Å². The molecule has 0 radical (unpaired) electrons. The Morgan fingerprint density at radius 1 is 1.22 bits per heavy atom. The van der Waals surface area contributed by atoms with E-state index in [1.54, 1.807) is 4.90 Å².